The van der Waals surface area contributed by atoms with E-state index in [0.717, 1.165) is 24.5 Å². The molecule has 4 N–H and O–H groups in total. The van der Waals surface area contributed by atoms with Crippen LogP contribution in [0.15, 0.2) is 0 Å². The molecule has 2 rings (SSSR count). The molecule has 1 aromatic heterocycles. The molecule has 0 radical (unpaired) electrons. The molecule has 1 saturated heterocycles. The lowest BCUT2D eigenvalue weighted by molar-refractivity contribution is 0.752. The highest BCUT2D eigenvalue weighted by Gasteiger charge is 2.26. The van der Waals surface area contributed by atoms with Gasteiger partial charge in [0.05, 0.1) is 5.69 Å². The van der Waals surface area contributed by atoms with Crippen molar-refractivity contribution in [2.75, 3.05) is 23.7 Å². The average molecular weight is 233 g/mol. The second-order valence-electron chi connectivity index (χ2n) is 3.74. The van der Waals surface area contributed by atoms with Crippen molar-refractivity contribution < 1.29 is 0 Å². The van der Waals surface area contributed by atoms with Crippen LogP contribution in [0.5, 0.6) is 0 Å². The van der Waals surface area contributed by atoms with Crippen LogP contribution in [0.3, 0.4) is 0 Å². The first-order valence-corrected chi connectivity index (χ1v) is 5.72. The molecule has 1 aromatic rings. The summed E-state index contributed by atoms with van der Waals surface area (Å²) in [6.07, 6.45) is 0.907. The molecular weight excluding hydrogens is 222 g/mol. The quantitative estimate of drug-likeness (QED) is 0.739. The van der Waals surface area contributed by atoms with Crippen LogP contribution in [0.4, 0.5) is 10.7 Å². The molecule has 16 heavy (non-hydrogen) atoms. The van der Waals surface area contributed by atoms with Crippen molar-refractivity contribution >= 4 is 22.0 Å². The number of nitriles is 2. The van der Waals surface area contributed by atoms with Crippen molar-refractivity contribution in [2.45, 2.75) is 12.5 Å². The summed E-state index contributed by atoms with van der Waals surface area (Å²) >= 11 is 1.27. The molecule has 1 unspecified atom stereocenters. The monoisotopic (exact) mass is 233 g/mol. The Morgan fingerprint density at radius 3 is 2.62 bits per heavy atom. The summed E-state index contributed by atoms with van der Waals surface area (Å²) in [4.78, 5) is 2.44. The normalized spacial score (nSPS) is 19.4. The lowest BCUT2D eigenvalue weighted by atomic mass is 10.2. The van der Waals surface area contributed by atoms with E-state index in [1.54, 1.807) is 0 Å². The van der Waals surface area contributed by atoms with Gasteiger partial charge in [0.1, 0.15) is 27.6 Å². The molecule has 1 aliphatic heterocycles. The summed E-state index contributed by atoms with van der Waals surface area (Å²) in [6, 6.07) is 4.21. The van der Waals surface area contributed by atoms with Crippen molar-refractivity contribution in [3.63, 3.8) is 0 Å². The first-order chi connectivity index (χ1) is 7.67. The number of nitrogen functional groups attached to an aromatic ring is 1. The molecule has 0 aromatic carbocycles. The average Bonchev–Trinajstić information content (AvgIpc) is 2.82. The Morgan fingerprint density at radius 1 is 1.38 bits per heavy atom. The standard InChI is InChI=1S/C10H11N5S/c11-3-7-9(14)8(4-12)16-10(7)15-2-1-6(13)5-15/h6H,1-2,5,13-14H2. The van der Waals surface area contributed by atoms with E-state index in [-0.39, 0.29) is 6.04 Å². The number of hydrogen-bond donors (Lipinski definition) is 2. The van der Waals surface area contributed by atoms with E-state index in [2.05, 4.69) is 6.07 Å². The highest BCUT2D eigenvalue weighted by molar-refractivity contribution is 7.17. The van der Waals surface area contributed by atoms with Gasteiger partial charge in [0.25, 0.3) is 0 Å². The van der Waals surface area contributed by atoms with E-state index < -0.39 is 0 Å². The van der Waals surface area contributed by atoms with Gasteiger partial charge in [-0.25, -0.2) is 0 Å². The van der Waals surface area contributed by atoms with Gasteiger partial charge in [-0.05, 0) is 6.42 Å². The van der Waals surface area contributed by atoms with Crippen molar-refractivity contribution in [2.24, 2.45) is 5.73 Å². The van der Waals surface area contributed by atoms with Crippen molar-refractivity contribution in [1.29, 1.82) is 10.5 Å². The summed E-state index contributed by atoms with van der Waals surface area (Å²) in [7, 11) is 0. The van der Waals surface area contributed by atoms with Crippen molar-refractivity contribution in [3.05, 3.63) is 10.4 Å². The van der Waals surface area contributed by atoms with E-state index >= 15 is 0 Å². The lowest BCUT2D eigenvalue weighted by Gasteiger charge is -2.15. The third kappa shape index (κ3) is 1.58. The van der Waals surface area contributed by atoms with Crippen LogP contribution in [-0.4, -0.2) is 19.1 Å². The molecule has 1 aliphatic rings. The van der Waals surface area contributed by atoms with Gasteiger partial charge in [0, 0.05) is 19.1 Å². The maximum atomic E-state index is 9.04. The first-order valence-electron chi connectivity index (χ1n) is 4.90. The lowest BCUT2D eigenvalue weighted by Crippen LogP contribution is -2.26. The first kappa shape index (κ1) is 10.7. The van der Waals surface area contributed by atoms with Crippen LogP contribution in [0, 0.1) is 22.7 Å². The molecule has 2 heterocycles. The zero-order valence-corrected chi connectivity index (χ0v) is 9.42. The minimum atomic E-state index is 0.139. The van der Waals surface area contributed by atoms with Gasteiger partial charge >= 0.3 is 0 Å². The highest BCUT2D eigenvalue weighted by Crippen LogP contribution is 2.38. The summed E-state index contributed by atoms with van der Waals surface area (Å²) in [5.41, 5.74) is 12.3. The molecular formula is C10H11N5S. The molecule has 6 heteroatoms. The third-order valence-corrected chi connectivity index (χ3v) is 3.82. The van der Waals surface area contributed by atoms with Crippen LogP contribution in [0.2, 0.25) is 0 Å². The second kappa shape index (κ2) is 4.01. The summed E-state index contributed by atoms with van der Waals surface area (Å²) in [5, 5.41) is 18.7. The largest absolute Gasteiger partial charge is 0.396 e. The highest BCUT2D eigenvalue weighted by atomic mass is 32.1. The van der Waals surface area contributed by atoms with E-state index in [4.69, 9.17) is 22.0 Å². The SMILES string of the molecule is N#Cc1sc(N2CCC(N)C2)c(C#N)c1N. The Bertz CT molecular complexity index is 493. The third-order valence-electron chi connectivity index (χ3n) is 2.65. The van der Waals surface area contributed by atoms with Crippen LogP contribution in [0.25, 0.3) is 0 Å². The number of rotatable bonds is 1. The van der Waals surface area contributed by atoms with Gasteiger partial charge in [-0.3, -0.25) is 0 Å². The fraction of sp³-hybridized carbons (Fsp3) is 0.400. The molecule has 82 valence electrons. The molecule has 0 amide bonds. The van der Waals surface area contributed by atoms with Gasteiger partial charge < -0.3 is 16.4 Å². The maximum Gasteiger partial charge on any atom is 0.131 e. The van der Waals surface area contributed by atoms with Crippen LogP contribution in [-0.2, 0) is 0 Å². The fourth-order valence-corrected chi connectivity index (χ4v) is 2.82. The summed E-state index contributed by atoms with van der Waals surface area (Å²) in [5.74, 6) is 0. The van der Waals surface area contributed by atoms with Gasteiger partial charge in [-0.2, -0.15) is 10.5 Å². The van der Waals surface area contributed by atoms with Crippen LogP contribution in [0.1, 0.15) is 16.9 Å². The van der Waals surface area contributed by atoms with Crippen molar-refractivity contribution in [3.8, 4) is 12.1 Å². The molecule has 0 bridgehead atoms. The zero-order chi connectivity index (χ0) is 11.7. The summed E-state index contributed by atoms with van der Waals surface area (Å²) < 4.78 is 0. The van der Waals surface area contributed by atoms with E-state index in [0.29, 0.717) is 16.1 Å². The zero-order valence-electron chi connectivity index (χ0n) is 8.60. The summed E-state index contributed by atoms with van der Waals surface area (Å²) in [6.45, 7) is 1.54. The molecule has 1 atom stereocenters. The molecule has 0 saturated carbocycles. The Morgan fingerprint density at radius 2 is 2.12 bits per heavy atom. The number of hydrogen-bond acceptors (Lipinski definition) is 6. The maximum absolute atomic E-state index is 9.04. The minimum Gasteiger partial charge on any atom is -0.396 e. The molecule has 0 spiro atoms. The smallest absolute Gasteiger partial charge is 0.131 e. The predicted molar refractivity (Wildman–Crippen MR) is 63.0 cm³/mol. The van der Waals surface area contributed by atoms with E-state index in [9.17, 15) is 0 Å². The van der Waals surface area contributed by atoms with E-state index in [1.807, 2.05) is 11.0 Å². The molecule has 5 nitrogen and oxygen atoms in total. The number of thiophene rings is 1. The number of nitrogens with zero attached hydrogens (tertiary/aromatic N) is 3. The Kier molecular flexibility index (Phi) is 2.69. The number of anilines is 2. The molecule has 1 fully saturated rings. The van der Waals surface area contributed by atoms with Gasteiger partial charge in [-0.15, -0.1) is 11.3 Å². The van der Waals surface area contributed by atoms with Gasteiger partial charge in [-0.1, -0.05) is 0 Å². The number of nitrogens with two attached hydrogens (primary N) is 2. The fourth-order valence-electron chi connectivity index (χ4n) is 1.82. The van der Waals surface area contributed by atoms with Crippen molar-refractivity contribution in [1.82, 2.24) is 0 Å². The Labute approximate surface area is 97.5 Å². The van der Waals surface area contributed by atoms with E-state index in [1.165, 1.54) is 11.3 Å². The minimum absolute atomic E-state index is 0.139. The van der Waals surface area contributed by atoms with Crippen LogP contribution >= 0.6 is 11.3 Å². The van der Waals surface area contributed by atoms with Gasteiger partial charge in [0.2, 0.25) is 0 Å². The predicted octanol–water partition coefficient (Wildman–Crippen LogP) is 0.611. The van der Waals surface area contributed by atoms with Gasteiger partial charge in [0.15, 0.2) is 0 Å². The van der Waals surface area contributed by atoms with Crippen LogP contribution < -0.4 is 16.4 Å². The topological polar surface area (TPSA) is 103 Å². The Balaban J connectivity index is 2.42. The Hall–Kier alpha value is -1.76. The molecule has 0 aliphatic carbocycles. The second-order valence-corrected chi connectivity index (χ2v) is 4.74.